The maximum atomic E-state index is 5.53. The molecule has 0 radical (unpaired) electrons. The standard InChI is InChI=1S/C55H48BN5/c1-54(2,3)38-27-29-42(30-28-38)59(46-25-17-19-37-18-13-14-24-44(37)46)43-31-32-45-47(36-43)60(40-20-9-7-10-21-40)48-34-39(55(4,5)6)35-49-51(48)56(45)52-53(58-33-16-15-26-50(58)57-52)61(49)41-22-11-8-12-23-41/h7-36H,1-6H3. The minimum atomic E-state index is -0.127. The molecule has 4 heterocycles. The van der Waals surface area contributed by atoms with Crippen LogP contribution in [-0.2, 0) is 10.8 Å². The van der Waals surface area contributed by atoms with Crippen molar-refractivity contribution in [3.05, 3.63) is 193 Å². The van der Waals surface area contributed by atoms with Gasteiger partial charge in [-0.15, -0.1) is 0 Å². The molecule has 11 rings (SSSR count). The zero-order chi connectivity index (χ0) is 41.6. The van der Waals surface area contributed by atoms with Gasteiger partial charge in [-0.25, -0.2) is 4.98 Å². The Kier molecular flexibility index (Phi) is 8.34. The average Bonchev–Trinajstić information content (AvgIpc) is 3.66. The zero-order valence-corrected chi connectivity index (χ0v) is 35.6. The number of hydrogen-bond donors (Lipinski definition) is 0. The normalized spacial score (nSPS) is 13.3. The predicted octanol–water partition coefficient (Wildman–Crippen LogP) is 12.6. The second-order valence-corrected chi connectivity index (χ2v) is 18.6. The van der Waals surface area contributed by atoms with Gasteiger partial charge in [0.2, 0.25) is 0 Å². The highest BCUT2D eigenvalue weighted by atomic mass is 15.3. The first-order valence-corrected chi connectivity index (χ1v) is 21.4. The van der Waals surface area contributed by atoms with Gasteiger partial charge >= 0.3 is 0 Å². The highest BCUT2D eigenvalue weighted by Gasteiger charge is 2.47. The summed E-state index contributed by atoms with van der Waals surface area (Å²) in [5, 5.41) is 2.41. The van der Waals surface area contributed by atoms with E-state index in [0.717, 1.165) is 51.2 Å². The molecule has 0 saturated carbocycles. The summed E-state index contributed by atoms with van der Waals surface area (Å²) < 4.78 is 2.27. The summed E-state index contributed by atoms with van der Waals surface area (Å²) in [5.41, 5.74) is 16.0. The molecule has 0 bridgehead atoms. The second-order valence-electron chi connectivity index (χ2n) is 18.6. The minimum absolute atomic E-state index is 0.0375. The van der Waals surface area contributed by atoms with Crippen molar-refractivity contribution in [3.8, 4) is 0 Å². The van der Waals surface area contributed by atoms with Crippen LogP contribution in [0.4, 0.5) is 51.3 Å². The smallest absolute Gasteiger partial charge is 0.277 e. The van der Waals surface area contributed by atoms with E-state index in [4.69, 9.17) is 4.98 Å². The number of imidazole rings is 1. The van der Waals surface area contributed by atoms with Gasteiger partial charge in [0.25, 0.3) is 6.71 Å². The van der Waals surface area contributed by atoms with E-state index in [-0.39, 0.29) is 17.5 Å². The Bertz CT molecular complexity index is 3120. The lowest BCUT2D eigenvalue weighted by Crippen LogP contribution is -2.62. The van der Waals surface area contributed by atoms with Crippen molar-refractivity contribution in [1.29, 1.82) is 0 Å². The topological polar surface area (TPSA) is 27.0 Å². The Morgan fingerprint density at radius 3 is 1.82 bits per heavy atom. The van der Waals surface area contributed by atoms with Crippen molar-refractivity contribution < 1.29 is 0 Å². The van der Waals surface area contributed by atoms with Crippen molar-refractivity contribution in [2.45, 2.75) is 52.4 Å². The number of aromatic nitrogens is 2. The van der Waals surface area contributed by atoms with Gasteiger partial charge in [-0.05, 0) is 117 Å². The van der Waals surface area contributed by atoms with E-state index in [1.807, 2.05) is 0 Å². The lowest BCUT2D eigenvalue weighted by Gasteiger charge is -2.44. The monoisotopic (exact) mass is 789 g/mol. The van der Waals surface area contributed by atoms with Gasteiger partial charge in [0.15, 0.2) is 0 Å². The van der Waals surface area contributed by atoms with Crippen LogP contribution >= 0.6 is 0 Å². The summed E-state index contributed by atoms with van der Waals surface area (Å²) in [7, 11) is 0. The molecular weight excluding hydrogens is 741 g/mol. The number of anilines is 9. The van der Waals surface area contributed by atoms with Crippen LogP contribution in [0.25, 0.3) is 16.4 Å². The summed E-state index contributed by atoms with van der Waals surface area (Å²) in [6.45, 7) is 13.7. The van der Waals surface area contributed by atoms with Gasteiger partial charge in [-0.1, -0.05) is 139 Å². The first kappa shape index (κ1) is 37.0. The lowest BCUT2D eigenvalue weighted by atomic mass is 9.35. The van der Waals surface area contributed by atoms with E-state index in [1.54, 1.807) is 0 Å². The Hall–Kier alpha value is -7.05. The van der Waals surface area contributed by atoms with Crippen molar-refractivity contribution in [3.63, 3.8) is 0 Å². The maximum Gasteiger partial charge on any atom is 0.277 e. The minimum Gasteiger partial charge on any atom is -0.311 e. The van der Waals surface area contributed by atoms with Crippen LogP contribution < -0.4 is 31.2 Å². The van der Waals surface area contributed by atoms with Crippen molar-refractivity contribution in [2.24, 2.45) is 0 Å². The molecule has 0 spiro atoms. The number of fused-ring (bicyclic) bond motifs is 7. The molecule has 7 aromatic carbocycles. The van der Waals surface area contributed by atoms with Crippen LogP contribution in [0.3, 0.4) is 0 Å². The average molecular weight is 790 g/mol. The zero-order valence-electron chi connectivity index (χ0n) is 35.6. The molecule has 61 heavy (non-hydrogen) atoms. The highest BCUT2D eigenvalue weighted by Crippen LogP contribution is 2.48. The van der Waals surface area contributed by atoms with E-state index >= 15 is 0 Å². The third-order valence-electron chi connectivity index (χ3n) is 12.6. The van der Waals surface area contributed by atoms with E-state index in [9.17, 15) is 0 Å². The van der Waals surface area contributed by atoms with Gasteiger partial charge in [0.1, 0.15) is 11.5 Å². The van der Waals surface area contributed by atoms with Crippen molar-refractivity contribution >= 4 is 91.0 Å². The fraction of sp³-hybridized carbons (Fsp3) is 0.145. The van der Waals surface area contributed by atoms with Crippen LogP contribution in [0.2, 0.25) is 0 Å². The largest absolute Gasteiger partial charge is 0.311 e. The van der Waals surface area contributed by atoms with Crippen LogP contribution in [0.15, 0.2) is 182 Å². The first-order valence-electron chi connectivity index (χ1n) is 21.4. The molecule has 296 valence electrons. The molecule has 0 atom stereocenters. The number of hydrogen-bond acceptors (Lipinski definition) is 4. The highest BCUT2D eigenvalue weighted by molar-refractivity contribution is 7.00. The van der Waals surface area contributed by atoms with Gasteiger partial charge in [0.05, 0.1) is 11.3 Å². The number of para-hydroxylation sites is 2. The molecule has 5 nitrogen and oxygen atoms in total. The Morgan fingerprint density at radius 1 is 0.508 bits per heavy atom. The van der Waals surface area contributed by atoms with E-state index < -0.39 is 0 Å². The molecule has 2 aromatic heterocycles. The van der Waals surface area contributed by atoms with E-state index in [1.165, 1.54) is 44.2 Å². The van der Waals surface area contributed by atoms with Gasteiger partial charge in [0, 0.05) is 51.4 Å². The van der Waals surface area contributed by atoms with E-state index in [2.05, 4.69) is 243 Å². The van der Waals surface area contributed by atoms with Gasteiger partial charge in [-0.3, -0.25) is 9.30 Å². The summed E-state index contributed by atoms with van der Waals surface area (Å²) in [4.78, 5) is 12.9. The summed E-state index contributed by atoms with van der Waals surface area (Å²) in [6, 6.07) is 64.6. The molecule has 2 aliphatic heterocycles. The van der Waals surface area contributed by atoms with Gasteiger partial charge < -0.3 is 9.80 Å². The van der Waals surface area contributed by atoms with Crippen LogP contribution in [0.5, 0.6) is 0 Å². The molecule has 0 aliphatic carbocycles. The van der Waals surface area contributed by atoms with Crippen molar-refractivity contribution in [2.75, 3.05) is 14.7 Å². The predicted molar refractivity (Wildman–Crippen MR) is 259 cm³/mol. The number of rotatable bonds is 5. The number of nitrogens with zero attached hydrogens (tertiary/aromatic N) is 5. The number of benzene rings is 7. The van der Waals surface area contributed by atoms with Gasteiger partial charge in [-0.2, -0.15) is 0 Å². The van der Waals surface area contributed by atoms with E-state index in [0.29, 0.717) is 0 Å². The molecule has 2 aliphatic rings. The molecule has 0 saturated heterocycles. The van der Waals surface area contributed by atoms with Crippen molar-refractivity contribution in [1.82, 2.24) is 9.38 Å². The fourth-order valence-electron chi connectivity index (χ4n) is 9.57. The third kappa shape index (κ3) is 5.95. The quantitative estimate of drug-likeness (QED) is 0.162. The third-order valence-corrected chi connectivity index (χ3v) is 12.6. The maximum absolute atomic E-state index is 5.53. The summed E-state index contributed by atoms with van der Waals surface area (Å²) >= 11 is 0. The Labute approximate surface area is 359 Å². The Balaban J connectivity index is 1.22. The van der Waals surface area contributed by atoms with Crippen LogP contribution in [0.1, 0.15) is 52.7 Å². The molecule has 0 unspecified atom stereocenters. The molecule has 0 amide bonds. The number of pyridine rings is 1. The molecule has 0 fully saturated rings. The second kappa shape index (κ2) is 13.8. The van der Waals surface area contributed by atoms with Crippen LogP contribution in [0, 0.1) is 0 Å². The lowest BCUT2D eigenvalue weighted by molar-refractivity contribution is 0.590. The fourth-order valence-corrected chi connectivity index (χ4v) is 9.57. The SMILES string of the molecule is CC(C)(C)c1ccc(N(c2ccc3c(c2)N(c2ccccc2)c2cc(C(C)(C)C)cc4c2B3c2nc3ccccn3c2N4c2ccccc2)c2cccc3ccccc23)cc1. The molecule has 9 aromatic rings. The first-order chi connectivity index (χ1) is 29.5. The van der Waals surface area contributed by atoms with Crippen LogP contribution in [-0.4, -0.2) is 16.1 Å². The molecule has 6 heteroatoms. The molecule has 0 N–H and O–H groups in total. The molecular formula is C55H48BN5. The summed E-state index contributed by atoms with van der Waals surface area (Å²) in [6.07, 6.45) is 2.16. The Morgan fingerprint density at radius 2 is 1.11 bits per heavy atom. The summed E-state index contributed by atoms with van der Waals surface area (Å²) in [5.74, 6) is 1.08.